The summed E-state index contributed by atoms with van der Waals surface area (Å²) in [6.07, 6.45) is 1.57. The lowest BCUT2D eigenvalue weighted by molar-refractivity contribution is -0.145. The molecular weight excluding hydrogens is 352 g/mol. The van der Waals surface area contributed by atoms with Crippen molar-refractivity contribution in [3.05, 3.63) is 40.8 Å². The van der Waals surface area contributed by atoms with Gasteiger partial charge in [0.05, 0.1) is 25.2 Å². The van der Waals surface area contributed by atoms with Crippen molar-refractivity contribution < 1.29 is 23.8 Å². The van der Waals surface area contributed by atoms with Crippen LogP contribution in [0.2, 0.25) is 0 Å². The van der Waals surface area contributed by atoms with Gasteiger partial charge in [0, 0.05) is 24.7 Å². The maximum Gasteiger partial charge on any atom is 0.344 e. The van der Waals surface area contributed by atoms with Gasteiger partial charge in [0.1, 0.15) is 12.3 Å². The average Bonchev–Trinajstić information content (AvgIpc) is 2.69. The van der Waals surface area contributed by atoms with E-state index >= 15 is 0 Å². The fourth-order valence-electron chi connectivity index (χ4n) is 2.94. The highest BCUT2D eigenvalue weighted by molar-refractivity contribution is 5.88. The highest BCUT2D eigenvalue weighted by Gasteiger charge is 2.18. The third-order valence-corrected chi connectivity index (χ3v) is 4.30. The van der Waals surface area contributed by atoms with E-state index in [9.17, 15) is 14.4 Å². The van der Waals surface area contributed by atoms with E-state index in [1.165, 1.54) is 4.57 Å². The summed E-state index contributed by atoms with van der Waals surface area (Å²) in [7, 11) is 0. The number of hydrogen-bond acceptors (Lipinski definition) is 6. The van der Waals surface area contributed by atoms with Crippen molar-refractivity contribution in [1.29, 1.82) is 0 Å². The molecular formula is C19H22N2O6. The molecule has 8 heteroatoms. The molecule has 1 amide bonds. The Kier molecular flexibility index (Phi) is 6.08. The molecule has 2 heterocycles. The first-order valence-electron chi connectivity index (χ1n) is 8.86. The molecule has 1 aliphatic heterocycles. The monoisotopic (exact) mass is 374 g/mol. The van der Waals surface area contributed by atoms with Crippen molar-refractivity contribution in [3.8, 4) is 5.75 Å². The number of morpholine rings is 1. The molecule has 2 aromatic rings. The largest absolute Gasteiger partial charge is 0.481 e. The van der Waals surface area contributed by atoms with Gasteiger partial charge in [-0.25, -0.2) is 4.79 Å². The van der Waals surface area contributed by atoms with Crippen molar-refractivity contribution in [2.75, 3.05) is 39.5 Å². The van der Waals surface area contributed by atoms with Crippen LogP contribution in [0.5, 0.6) is 5.75 Å². The first kappa shape index (κ1) is 18.9. The van der Waals surface area contributed by atoms with Gasteiger partial charge in [-0.1, -0.05) is 6.07 Å². The highest BCUT2D eigenvalue weighted by atomic mass is 16.6. The molecule has 3 rings (SSSR count). The lowest BCUT2D eigenvalue weighted by Crippen LogP contribution is -2.43. The zero-order valence-electron chi connectivity index (χ0n) is 15.2. The molecule has 1 aromatic heterocycles. The number of aromatic nitrogens is 1. The van der Waals surface area contributed by atoms with Crippen LogP contribution in [-0.2, 0) is 25.6 Å². The summed E-state index contributed by atoms with van der Waals surface area (Å²) >= 11 is 0. The number of carbonyl (C=O) groups excluding carboxylic acids is 2. The minimum Gasteiger partial charge on any atom is -0.481 e. The number of fused-ring (bicyclic) bond motifs is 1. The average molecular weight is 374 g/mol. The minimum atomic E-state index is -0.473. The van der Waals surface area contributed by atoms with Gasteiger partial charge >= 0.3 is 5.97 Å². The molecule has 8 nitrogen and oxygen atoms in total. The molecule has 0 atom stereocenters. The van der Waals surface area contributed by atoms with E-state index in [-0.39, 0.29) is 31.2 Å². The Balaban J connectivity index is 1.79. The number of pyridine rings is 1. The van der Waals surface area contributed by atoms with Crippen LogP contribution in [0, 0.1) is 0 Å². The zero-order chi connectivity index (χ0) is 19.2. The lowest BCUT2D eigenvalue weighted by atomic mass is 10.1. The Labute approximate surface area is 156 Å². The molecule has 0 unspecified atom stereocenters. The van der Waals surface area contributed by atoms with Crippen molar-refractivity contribution in [3.63, 3.8) is 0 Å². The van der Waals surface area contributed by atoms with Crippen LogP contribution in [0.15, 0.2) is 35.3 Å². The summed E-state index contributed by atoms with van der Waals surface area (Å²) in [5.74, 6) is -0.169. The molecule has 0 radical (unpaired) electrons. The van der Waals surface area contributed by atoms with Crippen LogP contribution in [0.3, 0.4) is 0 Å². The number of hydrogen-bond donors (Lipinski definition) is 0. The number of carbonyl (C=O) groups is 2. The fourth-order valence-corrected chi connectivity index (χ4v) is 2.94. The molecule has 1 aliphatic rings. The van der Waals surface area contributed by atoms with Gasteiger partial charge < -0.3 is 23.7 Å². The van der Waals surface area contributed by atoms with Crippen molar-refractivity contribution in [1.82, 2.24) is 9.47 Å². The molecule has 0 N–H and O–H groups in total. The standard InChI is InChI=1S/C19H22N2O6/c1-2-26-18(23)13-27-16-5-3-4-15-14(16)6-7-21(19(15)24)12-17(22)20-8-10-25-11-9-20/h3-7H,2,8-13H2,1H3. The molecule has 0 saturated carbocycles. The smallest absolute Gasteiger partial charge is 0.344 e. The van der Waals surface area contributed by atoms with Crippen LogP contribution in [0.4, 0.5) is 0 Å². The Morgan fingerprint density at radius 2 is 1.93 bits per heavy atom. The van der Waals surface area contributed by atoms with E-state index in [1.807, 2.05) is 0 Å². The number of nitrogens with zero attached hydrogens (tertiary/aromatic N) is 2. The fraction of sp³-hybridized carbons (Fsp3) is 0.421. The molecule has 0 aliphatic carbocycles. The first-order valence-corrected chi connectivity index (χ1v) is 8.86. The number of ether oxygens (including phenoxy) is 3. The van der Waals surface area contributed by atoms with E-state index in [2.05, 4.69) is 0 Å². The summed E-state index contributed by atoms with van der Waals surface area (Å²) in [4.78, 5) is 38.3. The van der Waals surface area contributed by atoms with E-state index in [4.69, 9.17) is 14.2 Å². The van der Waals surface area contributed by atoms with Crippen LogP contribution in [0.25, 0.3) is 10.8 Å². The van der Waals surface area contributed by atoms with E-state index in [1.54, 1.807) is 42.3 Å². The molecule has 27 heavy (non-hydrogen) atoms. The van der Waals surface area contributed by atoms with Gasteiger partial charge in [-0.3, -0.25) is 9.59 Å². The van der Waals surface area contributed by atoms with Crippen molar-refractivity contribution in [2.24, 2.45) is 0 Å². The Morgan fingerprint density at radius 3 is 2.67 bits per heavy atom. The van der Waals surface area contributed by atoms with E-state index in [0.29, 0.717) is 42.8 Å². The van der Waals surface area contributed by atoms with Gasteiger partial charge in [-0.2, -0.15) is 0 Å². The van der Waals surface area contributed by atoms with E-state index < -0.39 is 5.97 Å². The second-order valence-corrected chi connectivity index (χ2v) is 6.05. The predicted octanol–water partition coefficient (Wildman–Crippen LogP) is 0.802. The molecule has 0 bridgehead atoms. The van der Waals surface area contributed by atoms with Gasteiger partial charge in [0.2, 0.25) is 5.91 Å². The number of amides is 1. The summed E-state index contributed by atoms with van der Waals surface area (Å²) in [6.45, 7) is 3.84. The first-order chi connectivity index (χ1) is 13.1. The SMILES string of the molecule is CCOC(=O)COc1cccc2c(=O)n(CC(=O)N3CCOCC3)ccc12. The summed E-state index contributed by atoms with van der Waals surface area (Å²) in [6, 6.07) is 6.75. The van der Waals surface area contributed by atoms with Crippen molar-refractivity contribution in [2.45, 2.75) is 13.5 Å². The van der Waals surface area contributed by atoms with Crippen LogP contribution in [-0.4, -0.2) is 60.9 Å². The van der Waals surface area contributed by atoms with Crippen LogP contribution < -0.4 is 10.3 Å². The van der Waals surface area contributed by atoms with Gasteiger partial charge in [0.25, 0.3) is 5.56 Å². The Hall–Kier alpha value is -2.87. The maximum atomic E-state index is 12.8. The quantitative estimate of drug-likeness (QED) is 0.695. The molecule has 144 valence electrons. The molecule has 1 saturated heterocycles. The number of esters is 1. The number of rotatable bonds is 6. The third-order valence-electron chi connectivity index (χ3n) is 4.30. The van der Waals surface area contributed by atoms with Gasteiger partial charge in [0.15, 0.2) is 6.61 Å². The summed E-state index contributed by atoms with van der Waals surface area (Å²) in [5.41, 5.74) is -0.282. The molecule has 1 aromatic carbocycles. The lowest BCUT2D eigenvalue weighted by Gasteiger charge is -2.27. The van der Waals surface area contributed by atoms with Crippen molar-refractivity contribution >= 4 is 22.6 Å². The number of benzene rings is 1. The molecule has 0 spiro atoms. The normalized spacial score (nSPS) is 14.2. The van der Waals surface area contributed by atoms with Gasteiger partial charge in [-0.15, -0.1) is 0 Å². The molecule has 1 fully saturated rings. The Bertz CT molecular complexity index is 885. The van der Waals surface area contributed by atoms with Crippen LogP contribution in [0.1, 0.15) is 6.92 Å². The summed E-state index contributed by atoms with van der Waals surface area (Å²) < 4.78 is 17.0. The second-order valence-electron chi connectivity index (χ2n) is 6.05. The minimum absolute atomic E-state index is 0.0251. The Morgan fingerprint density at radius 1 is 1.15 bits per heavy atom. The zero-order valence-corrected chi connectivity index (χ0v) is 15.2. The maximum absolute atomic E-state index is 12.8. The highest BCUT2D eigenvalue weighted by Crippen LogP contribution is 2.23. The predicted molar refractivity (Wildman–Crippen MR) is 97.7 cm³/mol. The second kappa shape index (κ2) is 8.68. The third kappa shape index (κ3) is 4.46. The topological polar surface area (TPSA) is 87.1 Å². The summed E-state index contributed by atoms with van der Waals surface area (Å²) in [5, 5.41) is 1.01. The van der Waals surface area contributed by atoms with Crippen LogP contribution >= 0.6 is 0 Å². The van der Waals surface area contributed by atoms with E-state index in [0.717, 1.165) is 0 Å². The van der Waals surface area contributed by atoms with Gasteiger partial charge in [-0.05, 0) is 25.1 Å².